The van der Waals surface area contributed by atoms with Crippen molar-refractivity contribution < 1.29 is 54.3 Å². The van der Waals surface area contributed by atoms with Crippen molar-refractivity contribution in [2.75, 3.05) is 144 Å². The number of aliphatic hydroxyl groups excluding tert-OH is 1. The minimum Gasteiger partial charge on any atom is -0.480 e. The van der Waals surface area contributed by atoms with E-state index in [4.69, 9.17) is 31.3 Å². The van der Waals surface area contributed by atoms with Crippen LogP contribution in [-0.4, -0.2) is 235 Å². The van der Waals surface area contributed by atoms with Gasteiger partial charge in [0.2, 0.25) is 11.8 Å². The number of carboxylic acids is 4. The van der Waals surface area contributed by atoms with E-state index in [-0.39, 0.29) is 64.2 Å². The fourth-order valence-corrected chi connectivity index (χ4v) is 5.01. The van der Waals surface area contributed by atoms with Gasteiger partial charge in [-0.3, -0.25) is 58.2 Å². The van der Waals surface area contributed by atoms with Crippen LogP contribution >= 0.6 is 0 Å². The highest BCUT2D eigenvalue weighted by atomic mass is 16.4. The molecule has 0 aromatic heterocycles. The van der Waals surface area contributed by atoms with Crippen LogP contribution in [0.1, 0.15) is 0 Å². The van der Waals surface area contributed by atoms with E-state index in [1.54, 1.807) is 19.6 Å². The number of rotatable bonds is 16. The van der Waals surface area contributed by atoms with Crippen LogP contribution in [0.25, 0.3) is 0 Å². The summed E-state index contributed by atoms with van der Waals surface area (Å²) in [6, 6.07) is 0. The predicted octanol–water partition coefficient (Wildman–Crippen LogP) is -5.67. The first-order valence-corrected chi connectivity index (χ1v) is 15.9. The average Bonchev–Trinajstić information content (AvgIpc) is 3.14. The minimum atomic E-state index is -0.939. The Bertz CT molecular complexity index is 889. The highest BCUT2D eigenvalue weighted by Crippen LogP contribution is 2.02. The molecule has 2 aliphatic rings. The van der Waals surface area contributed by atoms with Crippen molar-refractivity contribution in [3.63, 3.8) is 0 Å². The zero-order valence-corrected chi connectivity index (χ0v) is 27.5. The number of nitrogens with one attached hydrogen (secondary N) is 2. The first kappa shape index (κ1) is 42.5. The summed E-state index contributed by atoms with van der Waals surface area (Å²) in [6.45, 7) is 6.68. The summed E-state index contributed by atoms with van der Waals surface area (Å²) in [5.41, 5.74) is 5.35. The van der Waals surface area contributed by atoms with Crippen LogP contribution in [0.3, 0.4) is 0 Å². The van der Waals surface area contributed by atoms with Gasteiger partial charge in [0.15, 0.2) is 0 Å². The second-order valence-corrected chi connectivity index (χ2v) is 11.4. The number of amides is 2. The molecule has 2 amide bonds. The van der Waals surface area contributed by atoms with Gasteiger partial charge in [0, 0.05) is 98.2 Å². The SMILES string of the molecule is NCCNC(=O)CN1CCN(CC(=O)O)CCN(CC(=O)O)CC1.O=C(O)CN1CCN(CC(=O)O)CCN(CC(=O)NCCO)CC1. The molecule has 2 saturated heterocycles. The van der Waals surface area contributed by atoms with Gasteiger partial charge < -0.3 is 41.9 Å². The molecular formula is C28H53N9O11. The number of hydrogen-bond donors (Lipinski definition) is 8. The molecule has 0 saturated carbocycles. The van der Waals surface area contributed by atoms with E-state index < -0.39 is 23.9 Å². The van der Waals surface area contributed by atoms with Gasteiger partial charge in [-0.25, -0.2) is 0 Å². The van der Waals surface area contributed by atoms with Crippen molar-refractivity contribution in [2.45, 2.75) is 0 Å². The Kier molecular flexibility index (Phi) is 21.8. The number of hydrogen-bond acceptors (Lipinski definition) is 14. The lowest BCUT2D eigenvalue weighted by Gasteiger charge is -2.24. The molecule has 48 heavy (non-hydrogen) atoms. The monoisotopic (exact) mass is 691 g/mol. The summed E-state index contributed by atoms with van der Waals surface area (Å²) in [5, 5.41) is 49.9. The molecule has 20 nitrogen and oxygen atoms in total. The van der Waals surface area contributed by atoms with Crippen LogP contribution in [0, 0.1) is 0 Å². The third kappa shape index (κ3) is 21.4. The number of carboxylic acid groups (broad SMARTS) is 4. The van der Waals surface area contributed by atoms with Crippen LogP contribution in [0.5, 0.6) is 0 Å². The number of carbonyl (C=O) groups is 6. The largest absolute Gasteiger partial charge is 0.480 e. The van der Waals surface area contributed by atoms with Gasteiger partial charge in [-0.2, -0.15) is 0 Å². The van der Waals surface area contributed by atoms with E-state index in [1.165, 1.54) is 0 Å². The fraction of sp³-hybridized carbons (Fsp3) is 0.786. The summed E-state index contributed by atoms with van der Waals surface area (Å²) in [4.78, 5) is 78.2. The quantitative estimate of drug-likeness (QED) is 0.0749. The summed E-state index contributed by atoms with van der Waals surface area (Å²) < 4.78 is 0. The molecular weight excluding hydrogens is 638 g/mol. The van der Waals surface area contributed by atoms with Crippen molar-refractivity contribution in [2.24, 2.45) is 5.73 Å². The molecule has 2 fully saturated rings. The Balaban J connectivity index is 0.000000480. The fourth-order valence-electron chi connectivity index (χ4n) is 5.01. The molecule has 2 heterocycles. The minimum absolute atomic E-state index is 0.103. The lowest BCUT2D eigenvalue weighted by molar-refractivity contribution is -0.140. The summed E-state index contributed by atoms with van der Waals surface area (Å²) in [6.07, 6.45) is 0. The van der Waals surface area contributed by atoms with E-state index >= 15 is 0 Å². The maximum atomic E-state index is 11.8. The first-order valence-electron chi connectivity index (χ1n) is 15.9. The van der Waals surface area contributed by atoms with Crippen LogP contribution < -0.4 is 16.4 Å². The van der Waals surface area contributed by atoms with Gasteiger partial charge in [0.1, 0.15) is 0 Å². The normalized spacial score (nSPS) is 18.4. The second-order valence-electron chi connectivity index (χ2n) is 11.4. The lowest BCUT2D eigenvalue weighted by atomic mass is 10.4. The molecule has 0 unspecified atom stereocenters. The van der Waals surface area contributed by atoms with Gasteiger partial charge in [0.05, 0.1) is 45.9 Å². The Morgan fingerprint density at radius 1 is 0.438 bits per heavy atom. The highest BCUT2D eigenvalue weighted by Gasteiger charge is 2.22. The molecule has 2 aliphatic heterocycles. The molecule has 0 aromatic carbocycles. The van der Waals surface area contributed by atoms with Gasteiger partial charge in [0.25, 0.3) is 0 Å². The molecule has 20 heteroatoms. The Morgan fingerprint density at radius 3 is 0.875 bits per heavy atom. The van der Waals surface area contributed by atoms with E-state index in [0.29, 0.717) is 91.6 Å². The molecule has 0 bridgehead atoms. The topological polar surface area (TPSA) is 273 Å². The number of nitrogens with two attached hydrogens (primary N) is 1. The van der Waals surface area contributed by atoms with Crippen molar-refractivity contribution in [3.8, 4) is 0 Å². The van der Waals surface area contributed by atoms with Crippen LogP contribution in [0.4, 0.5) is 0 Å². The number of aliphatic hydroxyl groups is 1. The van der Waals surface area contributed by atoms with E-state index in [0.717, 1.165) is 0 Å². The third-order valence-corrected chi connectivity index (χ3v) is 7.47. The molecule has 2 rings (SSSR count). The van der Waals surface area contributed by atoms with Gasteiger partial charge >= 0.3 is 23.9 Å². The zero-order chi connectivity index (χ0) is 35.9. The van der Waals surface area contributed by atoms with E-state index in [9.17, 15) is 28.8 Å². The molecule has 0 radical (unpaired) electrons. The second kappa shape index (κ2) is 24.6. The van der Waals surface area contributed by atoms with Crippen LogP contribution in [0.2, 0.25) is 0 Å². The van der Waals surface area contributed by atoms with Crippen molar-refractivity contribution in [1.29, 1.82) is 0 Å². The molecule has 0 spiro atoms. The molecule has 0 atom stereocenters. The summed E-state index contributed by atoms with van der Waals surface area (Å²) in [7, 11) is 0. The van der Waals surface area contributed by atoms with Gasteiger partial charge in [-0.15, -0.1) is 0 Å². The van der Waals surface area contributed by atoms with Crippen molar-refractivity contribution >= 4 is 35.7 Å². The Hall–Kier alpha value is -3.50. The Morgan fingerprint density at radius 2 is 0.667 bits per heavy atom. The Labute approximate surface area is 280 Å². The van der Waals surface area contributed by atoms with Crippen LogP contribution in [0.15, 0.2) is 0 Å². The molecule has 0 aromatic rings. The van der Waals surface area contributed by atoms with Crippen LogP contribution in [-0.2, 0) is 28.8 Å². The predicted molar refractivity (Wildman–Crippen MR) is 171 cm³/mol. The molecule has 9 N–H and O–H groups in total. The maximum Gasteiger partial charge on any atom is 0.317 e. The van der Waals surface area contributed by atoms with Crippen molar-refractivity contribution in [3.05, 3.63) is 0 Å². The number of carbonyl (C=O) groups excluding carboxylic acids is 2. The molecule has 0 aliphatic carbocycles. The highest BCUT2D eigenvalue weighted by molar-refractivity contribution is 5.78. The summed E-state index contributed by atoms with van der Waals surface area (Å²) in [5.74, 6) is -4.10. The average molecular weight is 692 g/mol. The standard InChI is InChI=1S/C14H27N5O5.C14H26N4O6/c15-1-2-16-12(20)9-17-3-5-18(10-13(21)22)7-8-19(6-4-17)11-14(23)24;19-8-1-15-12(20)9-16-2-4-17(10-13(21)22)6-7-18(5-3-16)11-14(23)24/h1-11,15H2,(H,16,20)(H,21,22)(H,23,24);19H,1-11H2,(H,15,20)(H,21,22)(H,23,24). The van der Waals surface area contributed by atoms with Crippen molar-refractivity contribution in [1.82, 2.24) is 40.0 Å². The van der Waals surface area contributed by atoms with E-state index in [1.807, 2.05) is 9.80 Å². The first-order chi connectivity index (χ1) is 22.8. The maximum absolute atomic E-state index is 11.8. The lowest BCUT2D eigenvalue weighted by Crippen LogP contribution is -2.44. The van der Waals surface area contributed by atoms with Gasteiger partial charge in [-0.05, 0) is 0 Å². The molecule has 276 valence electrons. The zero-order valence-electron chi connectivity index (χ0n) is 27.5. The summed E-state index contributed by atoms with van der Waals surface area (Å²) >= 11 is 0. The van der Waals surface area contributed by atoms with E-state index in [2.05, 4.69) is 10.6 Å². The number of aliphatic carboxylic acids is 4. The number of nitrogens with zero attached hydrogens (tertiary/aromatic N) is 6. The van der Waals surface area contributed by atoms with Gasteiger partial charge in [-0.1, -0.05) is 0 Å². The smallest absolute Gasteiger partial charge is 0.317 e. The third-order valence-electron chi connectivity index (χ3n) is 7.47.